The lowest BCUT2D eigenvalue weighted by atomic mass is 10.0. The lowest BCUT2D eigenvalue weighted by molar-refractivity contribution is -0.110. The Morgan fingerprint density at radius 1 is 1.00 bits per heavy atom. The van der Waals surface area contributed by atoms with Gasteiger partial charge in [0, 0.05) is 33.4 Å². The molecular formula is C18H16BrNO4. The van der Waals surface area contributed by atoms with E-state index in [0.29, 0.717) is 28.4 Å². The SMILES string of the molecule is COc1cc(OC)c(/C=C2/C(=O)Nc3ccc(Br)cc32)c(OC)c1. The van der Waals surface area contributed by atoms with Gasteiger partial charge < -0.3 is 19.5 Å². The van der Waals surface area contributed by atoms with Gasteiger partial charge in [-0.15, -0.1) is 0 Å². The molecule has 1 N–H and O–H groups in total. The van der Waals surface area contributed by atoms with E-state index in [2.05, 4.69) is 21.2 Å². The van der Waals surface area contributed by atoms with Crippen LogP contribution in [0.15, 0.2) is 34.8 Å². The highest BCUT2D eigenvalue weighted by Crippen LogP contribution is 2.40. The molecule has 24 heavy (non-hydrogen) atoms. The quantitative estimate of drug-likeness (QED) is 0.803. The summed E-state index contributed by atoms with van der Waals surface area (Å²) in [5.74, 6) is 1.58. The Hall–Kier alpha value is -2.47. The van der Waals surface area contributed by atoms with Gasteiger partial charge in [-0.2, -0.15) is 0 Å². The molecule has 2 aromatic rings. The minimum absolute atomic E-state index is 0.164. The third-order valence-electron chi connectivity index (χ3n) is 3.81. The molecule has 0 aromatic heterocycles. The molecule has 0 atom stereocenters. The van der Waals surface area contributed by atoms with Crippen LogP contribution in [0.3, 0.4) is 0 Å². The van der Waals surface area contributed by atoms with Gasteiger partial charge in [-0.1, -0.05) is 15.9 Å². The van der Waals surface area contributed by atoms with Crippen molar-refractivity contribution in [2.45, 2.75) is 0 Å². The lowest BCUT2D eigenvalue weighted by Gasteiger charge is -2.13. The molecular weight excluding hydrogens is 374 g/mol. The molecule has 0 saturated heterocycles. The van der Waals surface area contributed by atoms with E-state index >= 15 is 0 Å². The van der Waals surface area contributed by atoms with Crippen LogP contribution in [-0.4, -0.2) is 27.2 Å². The van der Waals surface area contributed by atoms with E-state index in [1.54, 1.807) is 39.5 Å². The Morgan fingerprint density at radius 3 is 2.25 bits per heavy atom. The molecule has 0 bridgehead atoms. The molecule has 0 aliphatic carbocycles. The molecule has 0 spiro atoms. The molecule has 1 heterocycles. The van der Waals surface area contributed by atoms with E-state index in [-0.39, 0.29) is 5.91 Å². The fourth-order valence-electron chi connectivity index (χ4n) is 2.62. The van der Waals surface area contributed by atoms with Crippen molar-refractivity contribution in [2.75, 3.05) is 26.6 Å². The Balaban J connectivity index is 2.19. The molecule has 2 aromatic carbocycles. The number of rotatable bonds is 4. The highest BCUT2D eigenvalue weighted by molar-refractivity contribution is 9.10. The average molecular weight is 390 g/mol. The van der Waals surface area contributed by atoms with Crippen molar-refractivity contribution in [1.82, 2.24) is 0 Å². The second kappa shape index (κ2) is 6.57. The minimum Gasteiger partial charge on any atom is -0.496 e. The normalized spacial score (nSPS) is 14.3. The summed E-state index contributed by atoms with van der Waals surface area (Å²) in [4.78, 5) is 12.4. The number of benzene rings is 2. The molecule has 5 nitrogen and oxygen atoms in total. The third kappa shape index (κ3) is 2.85. The number of fused-ring (bicyclic) bond motifs is 1. The summed E-state index contributed by atoms with van der Waals surface area (Å²) in [6, 6.07) is 9.16. The topological polar surface area (TPSA) is 56.8 Å². The zero-order chi connectivity index (χ0) is 17.3. The molecule has 6 heteroatoms. The Labute approximate surface area is 148 Å². The smallest absolute Gasteiger partial charge is 0.256 e. The van der Waals surface area contributed by atoms with Gasteiger partial charge in [0.25, 0.3) is 5.91 Å². The first kappa shape index (κ1) is 16.4. The van der Waals surface area contributed by atoms with Crippen molar-refractivity contribution in [3.63, 3.8) is 0 Å². The number of amides is 1. The predicted octanol–water partition coefficient (Wildman–Crippen LogP) is 3.97. The highest BCUT2D eigenvalue weighted by Gasteiger charge is 2.25. The molecule has 1 aliphatic heterocycles. The summed E-state index contributed by atoms with van der Waals surface area (Å²) < 4.78 is 17.0. The van der Waals surface area contributed by atoms with E-state index < -0.39 is 0 Å². The van der Waals surface area contributed by atoms with Gasteiger partial charge in [-0.25, -0.2) is 0 Å². The van der Waals surface area contributed by atoms with E-state index in [1.165, 1.54) is 0 Å². The van der Waals surface area contributed by atoms with Crippen LogP contribution in [0, 0.1) is 0 Å². The Bertz CT molecular complexity index is 820. The molecule has 0 saturated carbocycles. The summed E-state index contributed by atoms with van der Waals surface area (Å²) in [5, 5.41) is 2.86. The van der Waals surface area contributed by atoms with E-state index in [1.807, 2.05) is 18.2 Å². The number of methoxy groups -OCH3 is 3. The number of hydrogen-bond acceptors (Lipinski definition) is 4. The van der Waals surface area contributed by atoms with Crippen molar-refractivity contribution >= 4 is 39.2 Å². The second-order valence-electron chi connectivity index (χ2n) is 5.15. The van der Waals surface area contributed by atoms with Gasteiger partial charge in [-0.3, -0.25) is 4.79 Å². The number of ether oxygens (including phenoxy) is 3. The van der Waals surface area contributed by atoms with Crippen molar-refractivity contribution in [2.24, 2.45) is 0 Å². The van der Waals surface area contributed by atoms with Crippen LogP contribution in [0.1, 0.15) is 11.1 Å². The first-order valence-electron chi connectivity index (χ1n) is 7.20. The summed E-state index contributed by atoms with van der Waals surface area (Å²) in [7, 11) is 4.70. The summed E-state index contributed by atoms with van der Waals surface area (Å²) in [5.41, 5.74) is 2.84. The van der Waals surface area contributed by atoms with Crippen molar-refractivity contribution in [3.05, 3.63) is 45.9 Å². The maximum atomic E-state index is 12.4. The van der Waals surface area contributed by atoms with E-state index in [9.17, 15) is 4.79 Å². The zero-order valence-corrected chi connectivity index (χ0v) is 15.1. The van der Waals surface area contributed by atoms with Crippen LogP contribution in [0.2, 0.25) is 0 Å². The Morgan fingerprint density at radius 2 is 1.67 bits per heavy atom. The van der Waals surface area contributed by atoms with Gasteiger partial charge in [0.15, 0.2) is 0 Å². The molecule has 0 radical (unpaired) electrons. The number of carbonyl (C=O) groups is 1. The van der Waals surface area contributed by atoms with Crippen molar-refractivity contribution in [3.8, 4) is 17.2 Å². The highest BCUT2D eigenvalue weighted by atomic mass is 79.9. The second-order valence-corrected chi connectivity index (χ2v) is 6.06. The third-order valence-corrected chi connectivity index (χ3v) is 4.30. The molecule has 1 amide bonds. The minimum atomic E-state index is -0.164. The van der Waals surface area contributed by atoms with Gasteiger partial charge >= 0.3 is 0 Å². The maximum absolute atomic E-state index is 12.4. The predicted molar refractivity (Wildman–Crippen MR) is 96.7 cm³/mol. The standard InChI is InChI=1S/C18H16BrNO4/c1-22-11-7-16(23-2)14(17(8-11)24-3)9-13-12-6-10(19)4-5-15(12)20-18(13)21/h4-9H,1-3H3,(H,20,21)/b13-9+. The molecule has 124 valence electrons. The van der Waals surface area contributed by atoms with Crippen LogP contribution < -0.4 is 19.5 Å². The molecule has 1 aliphatic rings. The van der Waals surface area contributed by atoms with Crippen LogP contribution in [0.4, 0.5) is 5.69 Å². The monoisotopic (exact) mass is 389 g/mol. The fraction of sp³-hybridized carbons (Fsp3) is 0.167. The molecule has 3 rings (SSSR count). The first-order valence-corrected chi connectivity index (χ1v) is 7.99. The molecule has 0 unspecified atom stereocenters. The average Bonchev–Trinajstić information content (AvgIpc) is 2.90. The number of nitrogens with one attached hydrogen (secondary N) is 1. The first-order chi connectivity index (χ1) is 11.6. The summed E-state index contributed by atoms with van der Waals surface area (Å²) >= 11 is 3.44. The summed E-state index contributed by atoms with van der Waals surface area (Å²) in [6.45, 7) is 0. The maximum Gasteiger partial charge on any atom is 0.256 e. The number of anilines is 1. The lowest BCUT2D eigenvalue weighted by Crippen LogP contribution is -2.04. The van der Waals surface area contributed by atoms with Gasteiger partial charge in [0.2, 0.25) is 0 Å². The van der Waals surface area contributed by atoms with Gasteiger partial charge in [0.05, 0.1) is 26.9 Å². The van der Waals surface area contributed by atoms with Gasteiger partial charge in [-0.05, 0) is 24.3 Å². The Kier molecular flexibility index (Phi) is 4.49. The van der Waals surface area contributed by atoms with Crippen molar-refractivity contribution < 1.29 is 19.0 Å². The van der Waals surface area contributed by atoms with E-state index in [0.717, 1.165) is 15.7 Å². The summed E-state index contributed by atoms with van der Waals surface area (Å²) in [6.07, 6.45) is 1.77. The number of carbonyl (C=O) groups excluding carboxylic acids is 1. The van der Waals surface area contributed by atoms with E-state index in [4.69, 9.17) is 14.2 Å². The van der Waals surface area contributed by atoms with Crippen LogP contribution in [0.25, 0.3) is 11.6 Å². The van der Waals surface area contributed by atoms with Gasteiger partial charge in [0.1, 0.15) is 17.2 Å². The number of hydrogen-bond donors (Lipinski definition) is 1. The molecule has 0 fully saturated rings. The number of halogens is 1. The van der Waals surface area contributed by atoms with Crippen LogP contribution in [0.5, 0.6) is 17.2 Å². The zero-order valence-electron chi connectivity index (χ0n) is 13.5. The largest absolute Gasteiger partial charge is 0.496 e. The van der Waals surface area contributed by atoms with Crippen LogP contribution >= 0.6 is 15.9 Å². The van der Waals surface area contributed by atoms with Crippen molar-refractivity contribution in [1.29, 1.82) is 0 Å². The van der Waals surface area contributed by atoms with Crippen LogP contribution in [-0.2, 0) is 4.79 Å². The fourth-order valence-corrected chi connectivity index (χ4v) is 2.98.